The molecule has 0 amide bonds. The third-order valence-corrected chi connectivity index (χ3v) is 5.99. The summed E-state index contributed by atoms with van der Waals surface area (Å²) < 4.78 is 17.3. The molecular formula is C29H28ClNO4. The maximum absolute atomic E-state index is 12.5. The lowest BCUT2D eigenvalue weighted by Crippen LogP contribution is -2.05. The van der Waals surface area contributed by atoms with E-state index in [9.17, 15) is 4.79 Å². The van der Waals surface area contributed by atoms with Crippen molar-refractivity contribution in [1.29, 1.82) is 0 Å². The summed E-state index contributed by atoms with van der Waals surface area (Å²) in [5.41, 5.74) is 5.01. The van der Waals surface area contributed by atoms with Gasteiger partial charge in [0.15, 0.2) is 17.2 Å². The largest absolute Gasteiger partial charge is 0.490 e. The lowest BCUT2D eigenvalue weighted by atomic mass is 10.0. The van der Waals surface area contributed by atoms with Gasteiger partial charge in [-0.05, 0) is 72.4 Å². The number of cyclic esters (lactones) is 1. The first-order chi connectivity index (χ1) is 16.9. The van der Waals surface area contributed by atoms with Crippen molar-refractivity contribution in [2.45, 2.75) is 40.2 Å². The standard InChI is InChI=1S/C29H28ClNO4/c1-5-33-26-16-20(14-24(30)27(26)34-17-23-9-7-6-8-19(23)4)15-25-29(32)35-28(31-25)22-12-10-21(11-13-22)18(2)3/h6-16,18H,5,17H2,1-4H3/b25-15-. The van der Waals surface area contributed by atoms with Gasteiger partial charge in [0.2, 0.25) is 5.90 Å². The average molecular weight is 490 g/mol. The molecule has 0 fully saturated rings. The number of hydrogen-bond acceptors (Lipinski definition) is 5. The van der Waals surface area contributed by atoms with Crippen molar-refractivity contribution in [2.24, 2.45) is 4.99 Å². The van der Waals surface area contributed by atoms with Gasteiger partial charge in [0, 0.05) is 5.56 Å². The lowest BCUT2D eigenvalue weighted by Gasteiger charge is -2.15. The average Bonchev–Trinajstić information content (AvgIpc) is 3.20. The Labute approximate surface area is 211 Å². The van der Waals surface area contributed by atoms with E-state index in [-0.39, 0.29) is 11.6 Å². The molecule has 0 radical (unpaired) electrons. The molecule has 1 aliphatic heterocycles. The van der Waals surface area contributed by atoms with Crippen molar-refractivity contribution in [3.63, 3.8) is 0 Å². The van der Waals surface area contributed by atoms with Crippen LogP contribution in [0.1, 0.15) is 54.5 Å². The number of esters is 1. The van der Waals surface area contributed by atoms with Gasteiger partial charge in [-0.1, -0.05) is 61.8 Å². The zero-order chi connectivity index (χ0) is 24.9. The van der Waals surface area contributed by atoms with E-state index in [1.54, 1.807) is 18.2 Å². The number of aliphatic imine (C=N–C) groups is 1. The predicted molar refractivity (Wildman–Crippen MR) is 139 cm³/mol. The summed E-state index contributed by atoms with van der Waals surface area (Å²) in [6.07, 6.45) is 1.64. The Morgan fingerprint density at radius 1 is 1.06 bits per heavy atom. The van der Waals surface area contributed by atoms with Crippen molar-refractivity contribution in [2.75, 3.05) is 6.61 Å². The number of rotatable bonds is 8. The smallest absolute Gasteiger partial charge is 0.363 e. The fourth-order valence-electron chi connectivity index (χ4n) is 3.70. The fraction of sp³-hybridized carbons (Fsp3) is 0.241. The molecule has 6 heteroatoms. The van der Waals surface area contributed by atoms with E-state index in [1.807, 2.05) is 62.4 Å². The van der Waals surface area contributed by atoms with E-state index in [0.717, 1.165) is 16.7 Å². The highest BCUT2D eigenvalue weighted by atomic mass is 35.5. The van der Waals surface area contributed by atoms with Crippen LogP contribution in [-0.4, -0.2) is 18.5 Å². The summed E-state index contributed by atoms with van der Waals surface area (Å²) in [6.45, 7) is 8.98. The molecule has 0 N–H and O–H groups in total. The molecular weight excluding hydrogens is 462 g/mol. The highest BCUT2D eigenvalue weighted by Crippen LogP contribution is 2.38. The Kier molecular flexibility index (Phi) is 7.57. The third-order valence-electron chi connectivity index (χ3n) is 5.71. The zero-order valence-corrected chi connectivity index (χ0v) is 21.1. The van der Waals surface area contributed by atoms with Crippen LogP contribution in [0.3, 0.4) is 0 Å². The van der Waals surface area contributed by atoms with Gasteiger partial charge in [0.05, 0.1) is 11.6 Å². The van der Waals surface area contributed by atoms with E-state index in [4.69, 9.17) is 25.8 Å². The first kappa shape index (κ1) is 24.6. The van der Waals surface area contributed by atoms with Crippen LogP contribution in [-0.2, 0) is 16.1 Å². The van der Waals surface area contributed by atoms with Crippen molar-refractivity contribution in [1.82, 2.24) is 0 Å². The number of nitrogens with zero attached hydrogens (tertiary/aromatic N) is 1. The molecule has 0 aromatic heterocycles. The first-order valence-corrected chi connectivity index (χ1v) is 12.0. The van der Waals surface area contributed by atoms with Gasteiger partial charge in [0.1, 0.15) is 6.61 Å². The van der Waals surface area contributed by atoms with Crippen molar-refractivity contribution in [3.8, 4) is 11.5 Å². The van der Waals surface area contributed by atoms with Crippen LogP contribution in [0, 0.1) is 6.92 Å². The second-order valence-electron chi connectivity index (χ2n) is 8.59. The molecule has 4 rings (SSSR count). The van der Waals surface area contributed by atoms with Gasteiger partial charge < -0.3 is 14.2 Å². The molecule has 3 aromatic rings. The van der Waals surface area contributed by atoms with Gasteiger partial charge in [-0.3, -0.25) is 0 Å². The lowest BCUT2D eigenvalue weighted by molar-refractivity contribution is -0.129. The molecule has 1 aliphatic rings. The van der Waals surface area contributed by atoms with E-state index >= 15 is 0 Å². The Hall–Kier alpha value is -3.57. The summed E-state index contributed by atoms with van der Waals surface area (Å²) in [4.78, 5) is 16.9. The molecule has 0 spiro atoms. The van der Waals surface area contributed by atoms with Crippen LogP contribution in [0.2, 0.25) is 5.02 Å². The highest BCUT2D eigenvalue weighted by Gasteiger charge is 2.24. The second-order valence-corrected chi connectivity index (χ2v) is 9.00. The molecule has 0 saturated heterocycles. The van der Waals surface area contributed by atoms with Crippen LogP contribution in [0.25, 0.3) is 6.08 Å². The summed E-state index contributed by atoms with van der Waals surface area (Å²) in [6, 6.07) is 19.4. The summed E-state index contributed by atoms with van der Waals surface area (Å²) in [5, 5.41) is 0.385. The molecule has 5 nitrogen and oxygen atoms in total. The topological polar surface area (TPSA) is 57.1 Å². The van der Waals surface area contributed by atoms with E-state index in [0.29, 0.717) is 41.2 Å². The van der Waals surface area contributed by atoms with E-state index in [2.05, 4.69) is 18.8 Å². The SMILES string of the molecule is CCOc1cc(/C=C2\N=C(c3ccc(C(C)C)cc3)OC2=O)cc(Cl)c1OCc1ccccc1C. The monoisotopic (exact) mass is 489 g/mol. The number of halogens is 1. The number of carbonyl (C=O) groups excluding carboxylic acids is 1. The Morgan fingerprint density at radius 3 is 2.49 bits per heavy atom. The molecule has 0 unspecified atom stereocenters. The van der Waals surface area contributed by atoms with Gasteiger partial charge in [-0.2, -0.15) is 0 Å². The molecule has 180 valence electrons. The molecule has 0 bridgehead atoms. The van der Waals surface area contributed by atoms with Crippen LogP contribution in [0.15, 0.2) is 71.4 Å². The third kappa shape index (κ3) is 5.75. The summed E-state index contributed by atoms with van der Waals surface area (Å²) >= 11 is 6.58. The van der Waals surface area contributed by atoms with Crippen LogP contribution < -0.4 is 9.47 Å². The first-order valence-electron chi connectivity index (χ1n) is 11.6. The number of carbonyl (C=O) groups is 1. The van der Waals surface area contributed by atoms with Gasteiger partial charge in [0.25, 0.3) is 0 Å². The van der Waals surface area contributed by atoms with Gasteiger partial charge in [-0.25, -0.2) is 9.79 Å². The minimum absolute atomic E-state index is 0.194. The molecule has 0 atom stereocenters. The number of benzene rings is 3. The van der Waals surface area contributed by atoms with Crippen LogP contribution in [0.4, 0.5) is 0 Å². The summed E-state index contributed by atoms with van der Waals surface area (Å²) in [5.74, 6) is 1.15. The predicted octanol–water partition coefficient (Wildman–Crippen LogP) is 7.09. The molecule has 1 heterocycles. The Balaban J connectivity index is 1.60. The van der Waals surface area contributed by atoms with Crippen molar-refractivity contribution < 1.29 is 19.0 Å². The van der Waals surface area contributed by atoms with Crippen LogP contribution in [0.5, 0.6) is 11.5 Å². The molecule has 3 aromatic carbocycles. The summed E-state index contributed by atoms with van der Waals surface area (Å²) in [7, 11) is 0. The van der Waals surface area contributed by atoms with E-state index < -0.39 is 5.97 Å². The molecule has 35 heavy (non-hydrogen) atoms. The normalized spacial score (nSPS) is 14.3. The highest BCUT2D eigenvalue weighted by molar-refractivity contribution is 6.32. The maximum atomic E-state index is 12.5. The van der Waals surface area contributed by atoms with Gasteiger partial charge in [-0.15, -0.1) is 0 Å². The van der Waals surface area contributed by atoms with Crippen LogP contribution >= 0.6 is 11.6 Å². The van der Waals surface area contributed by atoms with Crippen molar-refractivity contribution >= 4 is 29.5 Å². The number of hydrogen-bond donors (Lipinski definition) is 0. The van der Waals surface area contributed by atoms with E-state index in [1.165, 1.54) is 5.56 Å². The van der Waals surface area contributed by atoms with Crippen molar-refractivity contribution in [3.05, 3.63) is 99.2 Å². The zero-order valence-electron chi connectivity index (χ0n) is 20.3. The number of ether oxygens (including phenoxy) is 3. The quantitative estimate of drug-likeness (QED) is 0.250. The number of aryl methyl sites for hydroxylation is 1. The maximum Gasteiger partial charge on any atom is 0.363 e. The molecule has 0 saturated carbocycles. The minimum Gasteiger partial charge on any atom is -0.490 e. The Morgan fingerprint density at radius 2 is 1.80 bits per heavy atom. The minimum atomic E-state index is -0.512. The molecule has 0 aliphatic carbocycles. The fourth-order valence-corrected chi connectivity index (χ4v) is 3.97. The van der Waals surface area contributed by atoms with Gasteiger partial charge >= 0.3 is 5.97 Å². The Bertz CT molecular complexity index is 1290. The second kappa shape index (κ2) is 10.8.